The van der Waals surface area contributed by atoms with E-state index in [1.165, 1.54) is 7.11 Å². The number of benzene rings is 1. The number of amides is 1. The van der Waals surface area contributed by atoms with Gasteiger partial charge in [0.05, 0.1) is 23.3 Å². The first-order chi connectivity index (χ1) is 13.7. The zero-order chi connectivity index (χ0) is 21.2. The third-order valence-electron chi connectivity index (χ3n) is 5.08. The van der Waals surface area contributed by atoms with Crippen LogP contribution in [0.2, 0.25) is 5.02 Å². The number of fused-ring (bicyclic) bond motifs is 1. The number of halogens is 1. The highest BCUT2D eigenvalue weighted by atomic mass is 35.5. The maximum Gasteiger partial charge on any atom is 0.409 e. The van der Waals surface area contributed by atoms with Gasteiger partial charge >= 0.3 is 6.09 Å². The lowest BCUT2D eigenvalue weighted by atomic mass is 10.1. The van der Waals surface area contributed by atoms with Gasteiger partial charge in [0.15, 0.2) is 0 Å². The van der Waals surface area contributed by atoms with E-state index in [9.17, 15) is 9.90 Å². The number of nitrogens with two attached hydrogens (primary N) is 1. The largest absolute Gasteiger partial charge is 0.495 e. The summed E-state index contributed by atoms with van der Waals surface area (Å²) in [5.74, 6) is 1.33. The van der Waals surface area contributed by atoms with Crippen LogP contribution in [0.15, 0.2) is 12.1 Å². The van der Waals surface area contributed by atoms with E-state index in [0.29, 0.717) is 66.0 Å². The Hall–Kier alpha value is -2.52. The molecule has 1 atom stereocenters. The Balaban J connectivity index is 1.68. The molecule has 1 aromatic carbocycles. The van der Waals surface area contributed by atoms with E-state index in [2.05, 4.69) is 9.97 Å². The monoisotopic (exact) mass is 423 g/mol. The molecule has 0 aliphatic carbocycles. The number of carbonyl (C=O) groups is 1. The maximum atomic E-state index is 12.2. The number of hydrogen-bond donors (Lipinski definition) is 2. The molecule has 10 heteroatoms. The molecule has 0 saturated carbocycles. The minimum atomic E-state index is -1.02. The molecule has 1 aliphatic heterocycles. The van der Waals surface area contributed by atoms with Crippen LogP contribution in [-0.2, 0) is 4.74 Å². The molecule has 1 amide bonds. The predicted molar refractivity (Wildman–Crippen MR) is 112 cm³/mol. The third-order valence-corrected chi connectivity index (χ3v) is 5.37. The van der Waals surface area contributed by atoms with E-state index in [1.807, 2.05) is 11.8 Å². The molecular formula is C19H26ClN5O4. The number of nitrogens with zero attached hydrogens (tertiary/aromatic N) is 4. The predicted octanol–water partition coefficient (Wildman–Crippen LogP) is 2.29. The molecule has 0 bridgehead atoms. The molecule has 158 valence electrons. The van der Waals surface area contributed by atoms with Crippen LogP contribution in [-0.4, -0.2) is 71.6 Å². The van der Waals surface area contributed by atoms with Gasteiger partial charge in [0, 0.05) is 37.6 Å². The number of piperazine rings is 1. The van der Waals surface area contributed by atoms with Crippen molar-refractivity contribution < 1.29 is 19.4 Å². The molecule has 1 unspecified atom stereocenters. The van der Waals surface area contributed by atoms with Crippen LogP contribution in [0.3, 0.4) is 0 Å². The molecule has 1 aliphatic rings. The third kappa shape index (κ3) is 4.73. The smallest absolute Gasteiger partial charge is 0.409 e. The van der Waals surface area contributed by atoms with E-state index < -0.39 is 11.7 Å². The highest BCUT2D eigenvalue weighted by Crippen LogP contribution is 2.32. The molecule has 1 aromatic heterocycles. The fourth-order valence-electron chi connectivity index (χ4n) is 2.94. The minimum Gasteiger partial charge on any atom is -0.495 e. The normalized spacial score (nSPS) is 16.6. The van der Waals surface area contributed by atoms with Gasteiger partial charge in [-0.25, -0.2) is 9.78 Å². The minimum absolute atomic E-state index is 0.0305. The number of nitrogen functional groups attached to an aromatic ring is 1. The zero-order valence-electron chi connectivity index (χ0n) is 16.8. The van der Waals surface area contributed by atoms with Gasteiger partial charge in [0.1, 0.15) is 18.2 Å². The fraction of sp³-hybridized carbons (Fsp3) is 0.526. The second-order valence-electron chi connectivity index (χ2n) is 7.29. The first-order valence-electron chi connectivity index (χ1n) is 9.44. The summed E-state index contributed by atoms with van der Waals surface area (Å²) in [6.07, 6.45) is 0.0711. The number of ether oxygens (including phenoxy) is 2. The molecule has 2 heterocycles. The SMILES string of the molecule is CCC(C)(O)COC(=O)N1CCN(c2nc(N)c3cc(Cl)c(OC)cc3n2)CC1. The number of methoxy groups -OCH3 is 1. The molecule has 3 N–H and O–H groups in total. The topological polar surface area (TPSA) is 114 Å². The van der Waals surface area contributed by atoms with Gasteiger partial charge in [0.25, 0.3) is 0 Å². The van der Waals surface area contributed by atoms with Crippen LogP contribution >= 0.6 is 11.6 Å². The van der Waals surface area contributed by atoms with Crippen molar-refractivity contribution in [2.75, 3.05) is 50.5 Å². The Morgan fingerprint density at radius 2 is 2.00 bits per heavy atom. The van der Waals surface area contributed by atoms with Gasteiger partial charge < -0.3 is 30.1 Å². The summed E-state index contributed by atoms with van der Waals surface area (Å²) in [4.78, 5) is 24.8. The molecule has 9 nitrogen and oxygen atoms in total. The van der Waals surface area contributed by atoms with Gasteiger partial charge in [-0.2, -0.15) is 4.98 Å². The number of aliphatic hydroxyl groups is 1. The van der Waals surface area contributed by atoms with Crippen molar-refractivity contribution in [1.29, 1.82) is 0 Å². The van der Waals surface area contributed by atoms with E-state index >= 15 is 0 Å². The standard InChI is InChI=1S/C19H26ClN5O4/c1-4-19(2,27)11-29-18(26)25-7-5-24(6-8-25)17-22-14-10-15(28-3)13(20)9-12(14)16(21)23-17/h9-10,27H,4-8,11H2,1-3H3,(H2,21,22,23). The second-order valence-corrected chi connectivity index (χ2v) is 7.70. The van der Waals surface area contributed by atoms with Gasteiger partial charge in [-0.05, 0) is 19.4 Å². The lowest BCUT2D eigenvalue weighted by molar-refractivity contribution is -0.0190. The first-order valence-corrected chi connectivity index (χ1v) is 9.81. The number of anilines is 2. The van der Waals surface area contributed by atoms with Crippen molar-refractivity contribution in [1.82, 2.24) is 14.9 Å². The molecule has 1 saturated heterocycles. The van der Waals surface area contributed by atoms with E-state index in [4.69, 9.17) is 26.8 Å². The van der Waals surface area contributed by atoms with Crippen molar-refractivity contribution in [2.45, 2.75) is 25.9 Å². The van der Waals surface area contributed by atoms with Crippen molar-refractivity contribution >= 4 is 40.4 Å². The number of aromatic nitrogens is 2. The average Bonchev–Trinajstić information content (AvgIpc) is 2.72. The van der Waals surface area contributed by atoms with Crippen molar-refractivity contribution in [2.24, 2.45) is 0 Å². The molecule has 0 spiro atoms. The highest BCUT2D eigenvalue weighted by molar-refractivity contribution is 6.33. The van der Waals surface area contributed by atoms with Gasteiger partial charge in [-0.3, -0.25) is 0 Å². The fourth-order valence-corrected chi connectivity index (χ4v) is 3.18. The number of carbonyl (C=O) groups excluding carboxylic acids is 1. The summed E-state index contributed by atoms with van der Waals surface area (Å²) in [5.41, 5.74) is 5.73. The molecule has 2 aromatic rings. The van der Waals surface area contributed by atoms with Crippen LogP contribution in [0.4, 0.5) is 16.6 Å². The molecule has 3 rings (SSSR count). The van der Waals surface area contributed by atoms with Crippen molar-refractivity contribution in [3.05, 3.63) is 17.2 Å². The van der Waals surface area contributed by atoms with Crippen LogP contribution in [0.5, 0.6) is 5.75 Å². The molecule has 29 heavy (non-hydrogen) atoms. The summed E-state index contributed by atoms with van der Waals surface area (Å²) in [6, 6.07) is 3.42. The Kier molecular flexibility index (Phi) is 6.18. The Morgan fingerprint density at radius 3 is 2.62 bits per heavy atom. The van der Waals surface area contributed by atoms with Crippen molar-refractivity contribution in [3.63, 3.8) is 0 Å². The van der Waals surface area contributed by atoms with Gasteiger partial charge in [-0.1, -0.05) is 18.5 Å². The summed E-state index contributed by atoms with van der Waals surface area (Å²) in [5, 5.41) is 11.1. The molecular weight excluding hydrogens is 398 g/mol. The van der Waals surface area contributed by atoms with E-state index in [-0.39, 0.29) is 6.61 Å². The summed E-state index contributed by atoms with van der Waals surface area (Å²) in [7, 11) is 1.54. The lowest BCUT2D eigenvalue weighted by Gasteiger charge is -2.34. The Morgan fingerprint density at radius 1 is 1.31 bits per heavy atom. The summed E-state index contributed by atoms with van der Waals surface area (Å²) < 4.78 is 10.5. The maximum absolute atomic E-state index is 12.2. The second kappa shape index (κ2) is 8.46. The van der Waals surface area contributed by atoms with Gasteiger partial charge in [0.2, 0.25) is 5.95 Å². The summed E-state index contributed by atoms with van der Waals surface area (Å²) in [6.45, 7) is 5.44. The highest BCUT2D eigenvalue weighted by Gasteiger charge is 2.27. The average molecular weight is 424 g/mol. The van der Waals surface area contributed by atoms with Crippen LogP contribution < -0.4 is 15.4 Å². The Bertz CT molecular complexity index is 900. The molecule has 1 fully saturated rings. The number of rotatable bonds is 5. The summed E-state index contributed by atoms with van der Waals surface area (Å²) >= 11 is 6.16. The number of hydrogen-bond acceptors (Lipinski definition) is 8. The van der Waals surface area contributed by atoms with Gasteiger partial charge in [-0.15, -0.1) is 0 Å². The molecule has 0 radical (unpaired) electrons. The van der Waals surface area contributed by atoms with Crippen molar-refractivity contribution in [3.8, 4) is 5.75 Å². The van der Waals surface area contributed by atoms with Crippen LogP contribution in [0.1, 0.15) is 20.3 Å². The lowest BCUT2D eigenvalue weighted by Crippen LogP contribution is -2.50. The zero-order valence-corrected chi connectivity index (χ0v) is 17.6. The Labute approximate surface area is 174 Å². The van der Waals surface area contributed by atoms with E-state index in [0.717, 1.165) is 0 Å². The van der Waals surface area contributed by atoms with Crippen LogP contribution in [0, 0.1) is 0 Å². The van der Waals surface area contributed by atoms with Crippen LogP contribution in [0.25, 0.3) is 10.9 Å². The first kappa shape index (κ1) is 21.2. The quantitative estimate of drug-likeness (QED) is 0.752. The van der Waals surface area contributed by atoms with E-state index in [1.54, 1.807) is 24.0 Å².